The number of anilines is 1. The number of ketones is 1. The number of methoxy groups -OCH3 is 2. The van der Waals surface area contributed by atoms with Gasteiger partial charge in [0.15, 0.2) is 28.8 Å². The van der Waals surface area contributed by atoms with Crippen LogP contribution < -0.4 is 14.8 Å². The molecule has 170 valence electrons. The molecule has 0 fully saturated rings. The van der Waals surface area contributed by atoms with Gasteiger partial charge in [0, 0.05) is 23.6 Å². The van der Waals surface area contributed by atoms with Crippen LogP contribution in [0.1, 0.15) is 47.1 Å². The number of benzene rings is 2. The summed E-state index contributed by atoms with van der Waals surface area (Å²) in [5.41, 5.74) is 4.49. The number of nitrogens with one attached hydrogen (secondary N) is 1. The molecule has 2 aromatic carbocycles. The van der Waals surface area contributed by atoms with Gasteiger partial charge in [-0.15, -0.1) is 0 Å². The van der Waals surface area contributed by atoms with E-state index in [0.29, 0.717) is 47.1 Å². The third-order valence-electron chi connectivity index (χ3n) is 6.47. The average Bonchev–Trinajstić information content (AvgIpc) is 3.19. The summed E-state index contributed by atoms with van der Waals surface area (Å²) in [5.74, 6) is 0.785. The predicted octanol–water partition coefficient (Wildman–Crippen LogP) is 4.37. The number of phenolic OH excluding ortho intramolecular Hbond substituents is 2. The first-order valence-electron chi connectivity index (χ1n) is 10.6. The highest BCUT2D eigenvalue weighted by molar-refractivity contribution is 6.01. The standard InChI is InChI=1S/C25H24N2O6/c1-12-22-23(14-4-6-17(28)18(29)9-14)24-16(26-25(22)33-27-12)8-15(10-19(24)30)13-5-7-20(31-2)21(11-13)32-3/h4-7,9,11,15,23,26,28-29H,8,10H2,1-3H3/t15-,23-/m1/s1. The summed E-state index contributed by atoms with van der Waals surface area (Å²) in [6, 6.07) is 10.3. The van der Waals surface area contributed by atoms with Gasteiger partial charge in [-0.1, -0.05) is 17.3 Å². The zero-order chi connectivity index (χ0) is 23.3. The van der Waals surface area contributed by atoms with E-state index < -0.39 is 5.92 Å². The van der Waals surface area contributed by atoms with Crippen molar-refractivity contribution in [3.8, 4) is 23.0 Å². The van der Waals surface area contributed by atoms with Gasteiger partial charge in [-0.25, -0.2) is 0 Å². The van der Waals surface area contributed by atoms with Gasteiger partial charge in [0.05, 0.1) is 25.5 Å². The first-order chi connectivity index (χ1) is 15.9. The largest absolute Gasteiger partial charge is 0.504 e. The van der Waals surface area contributed by atoms with Crippen LogP contribution in [0.15, 0.2) is 52.2 Å². The van der Waals surface area contributed by atoms with E-state index in [1.165, 1.54) is 12.1 Å². The summed E-state index contributed by atoms with van der Waals surface area (Å²) in [4.78, 5) is 13.6. The lowest BCUT2D eigenvalue weighted by molar-refractivity contribution is -0.116. The predicted molar refractivity (Wildman–Crippen MR) is 120 cm³/mol. The molecule has 0 amide bonds. The van der Waals surface area contributed by atoms with Gasteiger partial charge < -0.3 is 29.5 Å². The molecular weight excluding hydrogens is 424 g/mol. The van der Waals surface area contributed by atoms with Crippen LogP contribution in [-0.4, -0.2) is 35.4 Å². The van der Waals surface area contributed by atoms with Crippen LogP contribution in [0.2, 0.25) is 0 Å². The fourth-order valence-electron chi connectivity index (χ4n) is 4.87. The van der Waals surface area contributed by atoms with Crippen LogP contribution in [0.5, 0.6) is 23.0 Å². The third-order valence-corrected chi connectivity index (χ3v) is 6.47. The number of fused-ring (bicyclic) bond motifs is 1. The molecule has 1 aliphatic carbocycles. The lowest BCUT2D eigenvalue weighted by atomic mass is 9.72. The van der Waals surface area contributed by atoms with Gasteiger partial charge in [-0.2, -0.15) is 0 Å². The van der Waals surface area contributed by atoms with Crippen molar-refractivity contribution in [2.24, 2.45) is 0 Å². The van der Waals surface area contributed by atoms with Crippen LogP contribution in [-0.2, 0) is 4.79 Å². The van der Waals surface area contributed by atoms with E-state index in [4.69, 9.17) is 14.0 Å². The topological polar surface area (TPSA) is 114 Å². The number of hydrogen-bond acceptors (Lipinski definition) is 8. The molecule has 3 aromatic rings. The number of aromatic hydroxyl groups is 2. The Morgan fingerprint density at radius 1 is 1.00 bits per heavy atom. The zero-order valence-electron chi connectivity index (χ0n) is 18.5. The molecule has 8 heteroatoms. The molecule has 2 aliphatic rings. The van der Waals surface area contributed by atoms with E-state index in [2.05, 4.69) is 10.5 Å². The number of carbonyl (C=O) groups is 1. The number of hydrogen-bond donors (Lipinski definition) is 3. The average molecular weight is 448 g/mol. The summed E-state index contributed by atoms with van der Waals surface area (Å²) in [6.07, 6.45) is 0.923. The molecule has 2 atom stereocenters. The Morgan fingerprint density at radius 3 is 2.48 bits per heavy atom. The molecule has 0 radical (unpaired) electrons. The van der Waals surface area contributed by atoms with Gasteiger partial charge in [0.25, 0.3) is 0 Å². The summed E-state index contributed by atoms with van der Waals surface area (Å²) in [7, 11) is 3.17. The van der Waals surface area contributed by atoms with E-state index in [1.54, 1.807) is 20.3 Å². The second-order valence-electron chi connectivity index (χ2n) is 8.35. The highest BCUT2D eigenvalue weighted by atomic mass is 16.5. The highest BCUT2D eigenvalue weighted by Crippen LogP contribution is 2.50. The van der Waals surface area contributed by atoms with Gasteiger partial charge in [0.1, 0.15) is 0 Å². The molecule has 0 saturated heterocycles. The van der Waals surface area contributed by atoms with Crippen molar-refractivity contribution in [1.29, 1.82) is 0 Å². The second-order valence-corrected chi connectivity index (χ2v) is 8.35. The summed E-state index contributed by atoms with van der Waals surface area (Å²) in [6.45, 7) is 1.82. The molecule has 2 heterocycles. The van der Waals surface area contributed by atoms with Crippen molar-refractivity contribution in [3.63, 3.8) is 0 Å². The van der Waals surface area contributed by atoms with Crippen LogP contribution >= 0.6 is 0 Å². The van der Waals surface area contributed by atoms with Crippen molar-refractivity contribution in [2.75, 3.05) is 19.5 Å². The Balaban J connectivity index is 1.59. The molecule has 0 unspecified atom stereocenters. The maximum atomic E-state index is 13.6. The van der Waals surface area contributed by atoms with Gasteiger partial charge in [0.2, 0.25) is 5.88 Å². The molecule has 5 rings (SSSR count). The van der Waals surface area contributed by atoms with Crippen LogP contribution in [0.25, 0.3) is 0 Å². The number of rotatable bonds is 4. The second kappa shape index (κ2) is 7.88. The smallest absolute Gasteiger partial charge is 0.233 e. The molecule has 0 saturated carbocycles. The molecule has 1 aliphatic heterocycles. The number of carbonyl (C=O) groups excluding carboxylic acids is 1. The Kier molecular flexibility index (Phi) is 5.00. The van der Waals surface area contributed by atoms with Crippen molar-refractivity contribution in [1.82, 2.24) is 5.16 Å². The summed E-state index contributed by atoms with van der Waals surface area (Å²) in [5, 5.41) is 27.3. The van der Waals surface area contributed by atoms with Crippen molar-refractivity contribution in [2.45, 2.75) is 31.6 Å². The van der Waals surface area contributed by atoms with E-state index >= 15 is 0 Å². The molecule has 0 bridgehead atoms. The zero-order valence-corrected chi connectivity index (χ0v) is 18.5. The minimum atomic E-state index is -0.451. The first kappa shape index (κ1) is 20.9. The number of ether oxygens (including phenoxy) is 2. The van der Waals surface area contributed by atoms with Crippen molar-refractivity contribution < 1.29 is 29.0 Å². The normalized spacial score (nSPS) is 19.5. The summed E-state index contributed by atoms with van der Waals surface area (Å²) >= 11 is 0. The quantitative estimate of drug-likeness (QED) is 0.504. The van der Waals surface area contributed by atoms with Crippen molar-refractivity contribution in [3.05, 3.63) is 70.1 Å². The molecule has 3 N–H and O–H groups in total. The van der Waals surface area contributed by atoms with Gasteiger partial charge in [-0.3, -0.25) is 4.79 Å². The SMILES string of the molecule is COc1ccc([C@H]2CC(=O)C3=C(C2)Nc2onc(C)c2[C@H]3c2ccc(O)c(O)c2)cc1OC. The van der Waals surface area contributed by atoms with E-state index in [0.717, 1.165) is 16.8 Å². The number of phenols is 2. The number of aromatic nitrogens is 1. The Morgan fingerprint density at radius 2 is 1.76 bits per heavy atom. The molecule has 33 heavy (non-hydrogen) atoms. The van der Waals surface area contributed by atoms with E-state index in [-0.39, 0.29) is 23.2 Å². The summed E-state index contributed by atoms with van der Waals surface area (Å²) < 4.78 is 16.3. The molecule has 1 aromatic heterocycles. The Hall–Kier alpha value is -3.94. The lowest BCUT2D eigenvalue weighted by Gasteiger charge is -2.34. The Bertz CT molecular complexity index is 1290. The number of Topliss-reactive ketones (excluding diaryl/α,β-unsaturated/α-hetero) is 1. The minimum Gasteiger partial charge on any atom is -0.504 e. The monoisotopic (exact) mass is 448 g/mol. The van der Waals surface area contributed by atoms with E-state index in [9.17, 15) is 15.0 Å². The third kappa shape index (κ3) is 3.38. The molecular formula is C25H24N2O6. The highest BCUT2D eigenvalue weighted by Gasteiger charge is 2.41. The van der Waals surface area contributed by atoms with E-state index in [1.807, 2.05) is 25.1 Å². The lowest BCUT2D eigenvalue weighted by Crippen LogP contribution is -2.29. The maximum Gasteiger partial charge on any atom is 0.233 e. The number of aryl methyl sites for hydroxylation is 1. The van der Waals surface area contributed by atoms with Crippen LogP contribution in [0, 0.1) is 6.92 Å². The van der Waals surface area contributed by atoms with Crippen molar-refractivity contribution >= 4 is 11.7 Å². The number of nitrogens with zero attached hydrogens (tertiary/aromatic N) is 1. The first-order valence-corrected chi connectivity index (χ1v) is 10.6. The minimum absolute atomic E-state index is 0.00681. The number of allylic oxidation sites excluding steroid dienone is 2. The maximum absolute atomic E-state index is 13.6. The fraction of sp³-hybridized carbons (Fsp3) is 0.280. The Labute approximate surface area is 190 Å². The van der Waals surface area contributed by atoms with Crippen LogP contribution in [0.4, 0.5) is 5.88 Å². The molecule has 0 spiro atoms. The van der Waals surface area contributed by atoms with Gasteiger partial charge in [-0.05, 0) is 54.7 Å². The fourth-order valence-corrected chi connectivity index (χ4v) is 4.87. The van der Waals surface area contributed by atoms with Gasteiger partial charge >= 0.3 is 0 Å². The van der Waals surface area contributed by atoms with Crippen LogP contribution in [0.3, 0.4) is 0 Å². The molecule has 8 nitrogen and oxygen atoms in total.